The fourth-order valence-electron chi connectivity index (χ4n) is 21.6. The molecule has 149 heavy (non-hydrogen) atoms. The van der Waals surface area contributed by atoms with Crippen LogP contribution in [-0.4, -0.2) is 82.7 Å². The van der Waals surface area contributed by atoms with Gasteiger partial charge in [0.1, 0.15) is 48.7 Å². The molecule has 0 spiro atoms. The summed E-state index contributed by atoms with van der Waals surface area (Å²) in [6.07, 6.45) is 40.3. The van der Waals surface area contributed by atoms with Gasteiger partial charge in [-0.2, -0.15) is 20.0 Å². The van der Waals surface area contributed by atoms with Crippen LogP contribution in [0.25, 0.3) is 105 Å². The van der Waals surface area contributed by atoms with Gasteiger partial charge in [0.25, 0.3) is 27.8 Å². The Bertz CT molecular complexity index is 8320. The quantitative estimate of drug-likeness (QED) is 0.0851. The molecule has 2 N–H and O–H groups in total. The molecular weight excluding hydrogens is 1870 g/mol. The third-order valence-corrected chi connectivity index (χ3v) is 29.5. The molecule has 0 atom stereocenters. The third kappa shape index (κ3) is 21.5. The molecule has 0 amide bonds. The van der Waals surface area contributed by atoms with Gasteiger partial charge in [0.15, 0.2) is 5.78 Å². The molecule has 0 fully saturated rings. The van der Waals surface area contributed by atoms with E-state index >= 15 is 0 Å². The van der Waals surface area contributed by atoms with Crippen LogP contribution in [0.3, 0.4) is 0 Å². The number of aromatic amines is 2. The van der Waals surface area contributed by atoms with Gasteiger partial charge in [-0.05, 0) is 297 Å². The maximum atomic E-state index is 13.0. The SMILES string of the molecule is Cc1ccc(-c2ccn(-c3ccc4c5c([nH]c4c3)CCCCC5)c(=O)c2)nc1.Cc1ccc(-c2ccn(-c3ccc4c5c([nH]c4c3)CCCCC5)c(=O)c2)nn1.Cn1c2c(c3ccc(-n4ccc(OCc5ccc(F)cn5)cc4=O)cc31)CCCCC2.Cn1c2c(c3ccc(-n4ccc(OCc5ccccc5)cc4=O)cc31)C(=O)CCCC2.Cn1c2c(c3ccc(-n4ncc(OCc5ccc(F)cn5)cc4=O)cc31)CCCCC2. The molecule has 0 saturated carbocycles. The number of halogens is 2. The molecule has 27 heteroatoms. The number of ether oxygens (including phenoxy) is 3. The molecule has 14 heterocycles. The second-order valence-electron chi connectivity index (χ2n) is 39.3. The minimum Gasteiger partial charge on any atom is -0.489 e. The summed E-state index contributed by atoms with van der Waals surface area (Å²) >= 11 is 0. The normalized spacial score (nSPS) is 13.9. The van der Waals surface area contributed by atoms with Crippen molar-refractivity contribution < 1.29 is 27.8 Å². The molecule has 25 nitrogen and oxygen atoms in total. The Morgan fingerprint density at radius 3 is 1.26 bits per heavy atom. The standard InChI is InChI=1S/C26H24N2O3.C25H24FN3O2.C24H23FN4O2.C24H23N3O.C23H22N4O/c1-27-22-9-5-6-10-24(29)26(22)21-12-11-19(15-23(21)27)28-14-13-20(16-25(28)30)31-17-18-7-3-2-4-8-18;1-28-23-6-4-2-3-5-21(23)22-10-9-19(13-24(22)28)29-12-11-20(14-25(29)30)31-16-18-8-7-17(26)15-27-18;1-28-22-6-4-2-3-5-20(22)21-10-9-18(11-23(21)28)29-24(30)12-19(14-27-29)31-15-17-8-7-16(25)13-26-17;1-16-7-10-21(25-15-16)17-11-12-27(24(28)13-17)18-8-9-20-19-5-3-2-4-6-22(19)26-23(20)14-18;1-15-7-10-20(26-25-15)16-11-12-27(23(28)13-16)17-8-9-19-18-5-3-2-4-6-21(18)24-22(19)14-17/h2-4,7-8,11-16H,5-6,9-10,17H2,1H3;7-15H,2-6,16H2,1H3;7-14H,2-6,15H2,1H3;7-15,26H,2-6H2,1H3;7-14,24H,2-6H2,1H3. The largest absolute Gasteiger partial charge is 0.489 e. The molecule has 0 aliphatic heterocycles. The number of carbonyl (C=O) groups is 1. The number of carbonyl (C=O) groups excluding carboxylic acids is 1. The number of Topliss-reactive ketones (excluding diaryl/α,β-unsaturated/α-hetero) is 1. The minimum absolute atomic E-state index is 0.0488. The average Bonchev–Trinajstić information content (AvgIpc) is 1.50. The third-order valence-electron chi connectivity index (χ3n) is 29.5. The van der Waals surface area contributed by atoms with Crippen molar-refractivity contribution in [2.45, 2.75) is 188 Å². The van der Waals surface area contributed by atoms with Crippen LogP contribution in [0.15, 0.2) is 298 Å². The molecule has 0 bridgehead atoms. The van der Waals surface area contributed by atoms with Gasteiger partial charge < -0.3 is 37.9 Å². The van der Waals surface area contributed by atoms with Gasteiger partial charge in [0.2, 0.25) is 0 Å². The molecule has 14 aromatic heterocycles. The van der Waals surface area contributed by atoms with E-state index in [-0.39, 0.29) is 46.8 Å². The van der Waals surface area contributed by atoms with Gasteiger partial charge >= 0.3 is 0 Å². The smallest absolute Gasteiger partial charge is 0.275 e. The first-order valence-electron chi connectivity index (χ1n) is 51.7. The lowest BCUT2D eigenvalue weighted by atomic mass is 10.0. The lowest BCUT2D eigenvalue weighted by Crippen LogP contribution is -2.20. The topological polar surface area (TPSA) is 278 Å². The highest BCUT2D eigenvalue weighted by Gasteiger charge is 2.27. The van der Waals surface area contributed by atoms with E-state index in [1.807, 2.05) is 155 Å². The molecule has 0 unspecified atom stereocenters. The zero-order valence-corrected chi connectivity index (χ0v) is 84.3. The fourth-order valence-corrected chi connectivity index (χ4v) is 21.6. The number of pyridine rings is 7. The van der Waals surface area contributed by atoms with Gasteiger partial charge in [-0.1, -0.05) is 92.4 Å². The Kier molecular flexibility index (Phi) is 28.9. The number of H-pyrrole nitrogens is 2. The van der Waals surface area contributed by atoms with E-state index in [4.69, 9.17) is 14.2 Å². The molecule has 0 saturated heterocycles. The second kappa shape index (κ2) is 43.8. The lowest BCUT2D eigenvalue weighted by molar-refractivity contribution is 0.0983. The van der Waals surface area contributed by atoms with E-state index in [1.54, 1.807) is 67.1 Å². The van der Waals surface area contributed by atoms with Crippen molar-refractivity contribution in [1.82, 2.24) is 76.9 Å². The van der Waals surface area contributed by atoms with Crippen LogP contribution < -0.4 is 42.0 Å². The van der Waals surface area contributed by atoms with E-state index < -0.39 is 11.6 Å². The highest BCUT2D eigenvalue weighted by Crippen LogP contribution is 2.39. The van der Waals surface area contributed by atoms with Gasteiger partial charge in [-0.3, -0.25) is 62.0 Å². The second-order valence-corrected chi connectivity index (χ2v) is 39.3. The van der Waals surface area contributed by atoms with Crippen LogP contribution >= 0.6 is 0 Å². The summed E-state index contributed by atoms with van der Waals surface area (Å²) in [5.41, 5.74) is 29.6. The Labute approximate surface area is 858 Å². The molecule has 25 rings (SSSR count). The van der Waals surface area contributed by atoms with E-state index in [1.165, 1.54) is 190 Å². The predicted octanol–water partition coefficient (Wildman–Crippen LogP) is 22.9. The number of nitrogens with zero attached hydrogens (tertiary/aromatic N) is 14. The van der Waals surface area contributed by atoms with E-state index in [0.29, 0.717) is 47.4 Å². The van der Waals surface area contributed by atoms with Crippen LogP contribution in [-0.2, 0) is 98.8 Å². The van der Waals surface area contributed by atoms with Crippen molar-refractivity contribution >= 4 is 60.3 Å². The zero-order valence-electron chi connectivity index (χ0n) is 84.3. The van der Waals surface area contributed by atoms with Crippen LogP contribution in [0.5, 0.6) is 17.2 Å². The first-order chi connectivity index (χ1) is 72.7. The first-order valence-corrected chi connectivity index (χ1v) is 51.7. The summed E-state index contributed by atoms with van der Waals surface area (Å²) in [6, 6.07) is 69.2. The summed E-state index contributed by atoms with van der Waals surface area (Å²) in [5.74, 6) is 0.779. The van der Waals surface area contributed by atoms with Crippen molar-refractivity contribution in [3.8, 4) is 68.2 Å². The highest BCUT2D eigenvalue weighted by molar-refractivity contribution is 6.10. The Morgan fingerprint density at radius 2 is 0.758 bits per heavy atom. The van der Waals surface area contributed by atoms with Crippen LogP contribution in [0.1, 0.15) is 186 Å². The van der Waals surface area contributed by atoms with Gasteiger partial charge in [-0.25, -0.2) is 8.78 Å². The number of benzene rings is 6. The molecule has 5 aliphatic rings. The van der Waals surface area contributed by atoms with Gasteiger partial charge in [0.05, 0.1) is 92.0 Å². The van der Waals surface area contributed by atoms with Gasteiger partial charge in [0, 0.05) is 172 Å². The molecular formula is C122H116F2N16O9. The maximum Gasteiger partial charge on any atom is 0.275 e. The molecule has 0 radical (unpaired) electrons. The van der Waals surface area contributed by atoms with Crippen molar-refractivity contribution in [1.29, 1.82) is 0 Å². The Morgan fingerprint density at radius 1 is 0.329 bits per heavy atom. The molecule has 6 aromatic carbocycles. The predicted molar refractivity (Wildman–Crippen MR) is 580 cm³/mol. The number of aryl methyl sites for hydroxylation is 11. The molecule has 20 aromatic rings. The van der Waals surface area contributed by atoms with Crippen LogP contribution in [0, 0.1) is 25.5 Å². The Balaban J connectivity index is 0.000000109. The van der Waals surface area contributed by atoms with E-state index in [9.17, 15) is 37.5 Å². The number of nitrogens with one attached hydrogen (secondary N) is 2. The number of rotatable bonds is 16. The van der Waals surface area contributed by atoms with Crippen LogP contribution in [0.4, 0.5) is 8.78 Å². The van der Waals surface area contributed by atoms with Crippen molar-refractivity contribution in [3.05, 3.63) is 422 Å². The summed E-state index contributed by atoms with van der Waals surface area (Å²) in [4.78, 5) is 96.0. The van der Waals surface area contributed by atoms with Crippen molar-refractivity contribution in [2.24, 2.45) is 21.1 Å². The molecule has 752 valence electrons. The van der Waals surface area contributed by atoms with E-state index in [0.717, 1.165) is 184 Å². The molecule has 5 aliphatic carbocycles. The van der Waals surface area contributed by atoms with Crippen molar-refractivity contribution in [2.75, 3.05) is 0 Å². The van der Waals surface area contributed by atoms with Gasteiger partial charge in [-0.15, -0.1) is 0 Å². The summed E-state index contributed by atoms with van der Waals surface area (Å²) in [5, 5.41) is 18.7. The lowest BCUT2D eigenvalue weighted by Gasteiger charge is -2.10. The van der Waals surface area contributed by atoms with E-state index in [2.05, 4.69) is 110 Å². The number of aromatic nitrogens is 16. The number of hydrogen-bond acceptors (Lipinski definition) is 15. The maximum absolute atomic E-state index is 13.0. The summed E-state index contributed by atoms with van der Waals surface area (Å²) < 4.78 is 57.6. The zero-order chi connectivity index (χ0) is 102. The first kappa shape index (κ1) is 98.2. The number of ketones is 1. The average molecular weight is 1990 g/mol. The minimum atomic E-state index is -0.403. The summed E-state index contributed by atoms with van der Waals surface area (Å²) in [7, 11) is 6.24. The Hall–Kier alpha value is -16.8. The monoisotopic (exact) mass is 1990 g/mol. The number of hydrogen-bond donors (Lipinski definition) is 2. The van der Waals surface area contributed by atoms with Crippen LogP contribution in [0.2, 0.25) is 0 Å². The fraction of sp³-hybridized carbons (Fsp3) is 0.262. The van der Waals surface area contributed by atoms with Crippen molar-refractivity contribution in [3.63, 3.8) is 0 Å². The number of fused-ring (bicyclic) bond motifs is 15. The summed E-state index contributed by atoms with van der Waals surface area (Å²) in [6.45, 7) is 4.62. The highest BCUT2D eigenvalue weighted by atomic mass is 19.1.